The van der Waals surface area contributed by atoms with Crippen molar-refractivity contribution >= 4 is 5.91 Å². The van der Waals surface area contributed by atoms with Crippen LogP contribution in [0.2, 0.25) is 0 Å². The second-order valence-electron chi connectivity index (χ2n) is 9.43. The maximum absolute atomic E-state index is 13.6. The van der Waals surface area contributed by atoms with Crippen LogP contribution in [-0.2, 0) is 18.3 Å². The zero-order valence-electron chi connectivity index (χ0n) is 19.9. The Morgan fingerprint density at radius 3 is 2.41 bits per heavy atom. The van der Waals surface area contributed by atoms with Gasteiger partial charge in [0.05, 0.1) is 18.2 Å². The molecule has 0 radical (unpaired) electrons. The van der Waals surface area contributed by atoms with Crippen LogP contribution < -0.4 is 4.74 Å². The summed E-state index contributed by atoms with van der Waals surface area (Å²) in [5.74, 6) is 0.650. The fourth-order valence-corrected chi connectivity index (χ4v) is 5.41. The van der Waals surface area contributed by atoms with E-state index < -0.39 is 17.4 Å². The number of carbonyl (C=O) groups is 1. The molecule has 186 valence electrons. The number of nitrogens with zero attached hydrogens (tertiary/aromatic N) is 3. The number of aromatic nitrogens is 1. The highest BCUT2D eigenvalue weighted by Gasteiger charge is 2.48. The topological polar surface area (TPSA) is 57.9 Å². The first-order valence-electron chi connectivity index (χ1n) is 11.8. The SMILES string of the molecule is Cc1cc(C(=O)N2CCC3(CC2)c2ccc(C(F)(F)F)n2CCN3CCO)ccc1OC(C)C. The number of aliphatic hydroxyl groups excluding tert-OH is 1. The minimum absolute atomic E-state index is 0.0349. The number of rotatable bonds is 5. The maximum Gasteiger partial charge on any atom is 0.431 e. The average molecular weight is 480 g/mol. The van der Waals surface area contributed by atoms with Gasteiger partial charge in [0.25, 0.3) is 5.91 Å². The summed E-state index contributed by atoms with van der Waals surface area (Å²) in [6.45, 7) is 7.62. The number of hydrogen-bond donors (Lipinski definition) is 1. The lowest BCUT2D eigenvalue weighted by atomic mass is 9.81. The van der Waals surface area contributed by atoms with Crippen molar-refractivity contribution in [3.63, 3.8) is 0 Å². The number of piperidine rings is 1. The van der Waals surface area contributed by atoms with Crippen LogP contribution in [0.15, 0.2) is 30.3 Å². The van der Waals surface area contributed by atoms with Crippen LogP contribution in [0, 0.1) is 6.92 Å². The highest BCUT2D eigenvalue weighted by molar-refractivity contribution is 5.94. The number of fused-ring (bicyclic) bond motifs is 2. The van der Waals surface area contributed by atoms with Gasteiger partial charge < -0.3 is 19.3 Å². The average Bonchev–Trinajstić information content (AvgIpc) is 3.23. The Bertz CT molecular complexity index is 1040. The standard InChI is InChI=1S/C25H32F3N3O3/c1-17(2)34-20-5-4-19(16-18(20)3)23(33)29-10-8-24(9-11-29)21-6-7-22(25(26,27)28)31(21)13-12-30(24)14-15-32/h4-7,16-17,32H,8-15H2,1-3H3. The van der Waals surface area contributed by atoms with Gasteiger partial charge in [0.1, 0.15) is 11.4 Å². The van der Waals surface area contributed by atoms with Gasteiger partial charge in [-0.15, -0.1) is 0 Å². The minimum atomic E-state index is -4.42. The fraction of sp³-hybridized carbons (Fsp3) is 0.560. The molecule has 1 N–H and O–H groups in total. The van der Waals surface area contributed by atoms with Crippen LogP contribution in [-0.4, -0.2) is 64.3 Å². The molecule has 4 rings (SSSR count). The summed E-state index contributed by atoms with van der Waals surface area (Å²) in [5.41, 5.74) is 0.808. The predicted octanol–water partition coefficient (Wildman–Crippen LogP) is 4.04. The molecule has 0 saturated carbocycles. The van der Waals surface area contributed by atoms with Crippen molar-refractivity contribution in [3.05, 3.63) is 52.8 Å². The first kappa shape index (κ1) is 24.6. The Hall–Kier alpha value is -2.52. The number of amides is 1. The Balaban J connectivity index is 1.56. The van der Waals surface area contributed by atoms with Crippen molar-refractivity contribution in [1.82, 2.24) is 14.4 Å². The van der Waals surface area contributed by atoms with Gasteiger partial charge >= 0.3 is 6.18 Å². The van der Waals surface area contributed by atoms with E-state index in [4.69, 9.17) is 4.74 Å². The van der Waals surface area contributed by atoms with Gasteiger partial charge in [-0.3, -0.25) is 9.69 Å². The molecular formula is C25H32F3N3O3. The highest BCUT2D eigenvalue weighted by Crippen LogP contribution is 2.44. The van der Waals surface area contributed by atoms with Crippen molar-refractivity contribution < 1.29 is 27.8 Å². The maximum atomic E-state index is 13.6. The zero-order chi connectivity index (χ0) is 24.7. The quantitative estimate of drug-likeness (QED) is 0.703. The summed E-state index contributed by atoms with van der Waals surface area (Å²) in [7, 11) is 0. The largest absolute Gasteiger partial charge is 0.491 e. The summed E-state index contributed by atoms with van der Waals surface area (Å²) in [4.78, 5) is 17.1. The van der Waals surface area contributed by atoms with E-state index >= 15 is 0 Å². The third-order valence-corrected chi connectivity index (χ3v) is 6.98. The minimum Gasteiger partial charge on any atom is -0.491 e. The van der Waals surface area contributed by atoms with Crippen LogP contribution >= 0.6 is 0 Å². The fourth-order valence-electron chi connectivity index (χ4n) is 5.41. The molecule has 9 heteroatoms. The molecule has 0 atom stereocenters. The molecule has 1 spiro atoms. The summed E-state index contributed by atoms with van der Waals surface area (Å²) >= 11 is 0. The molecule has 3 heterocycles. The number of alkyl halides is 3. The molecule has 1 aromatic heterocycles. The van der Waals surface area contributed by atoms with Crippen molar-refractivity contribution in [1.29, 1.82) is 0 Å². The third-order valence-electron chi connectivity index (χ3n) is 6.98. The molecule has 34 heavy (non-hydrogen) atoms. The molecule has 1 saturated heterocycles. The summed E-state index contributed by atoms with van der Waals surface area (Å²) in [6, 6.07) is 8.12. The Labute approximate surface area is 197 Å². The number of β-amino-alcohol motifs (C(OH)–C–C–N with tert-alkyl or cyclic N) is 1. The molecule has 1 aromatic carbocycles. The predicted molar refractivity (Wildman–Crippen MR) is 122 cm³/mol. The van der Waals surface area contributed by atoms with Gasteiger partial charge in [0, 0.05) is 44.0 Å². The first-order valence-corrected chi connectivity index (χ1v) is 11.8. The molecule has 2 aliphatic heterocycles. The molecule has 0 unspecified atom stereocenters. The van der Waals surface area contributed by atoms with Gasteiger partial charge in [0.2, 0.25) is 0 Å². The first-order chi connectivity index (χ1) is 16.1. The lowest BCUT2D eigenvalue weighted by Gasteiger charge is -2.52. The second-order valence-corrected chi connectivity index (χ2v) is 9.43. The monoisotopic (exact) mass is 479 g/mol. The number of carbonyl (C=O) groups excluding carboxylic acids is 1. The van der Waals surface area contributed by atoms with E-state index in [1.54, 1.807) is 17.0 Å². The van der Waals surface area contributed by atoms with Crippen LogP contribution in [0.5, 0.6) is 5.75 Å². The number of ether oxygens (including phenoxy) is 1. The van der Waals surface area contributed by atoms with Gasteiger partial charge in [-0.1, -0.05) is 0 Å². The van der Waals surface area contributed by atoms with E-state index in [1.807, 2.05) is 32.9 Å². The number of aryl methyl sites for hydroxylation is 1. The molecule has 0 bridgehead atoms. The lowest BCUT2D eigenvalue weighted by Crippen LogP contribution is -2.58. The molecule has 2 aliphatic rings. The van der Waals surface area contributed by atoms with Gasteiger partial charge in [-0.2, -0.15) is 13.2 Å². The van der Waals surface area contributed by atoms with E-state index in [1.165, 1.54) is 4.57 Å². The Morgan fingerprint density at radius 1 is 1.12 bits per heavy atom. The van der Waals surface area contributed by atoms with Crippen molar-refractivity contribution in [3.8, 4) is 5.75 Å². The summed E-state index contributed by atoms with van der Waals surface area (Å²) < 4.78 is 47.8. The molecule has 0 aliphatic carbocycles. The number of halogens is 3. The summed E-state index contributed by atoms with van der Waals surface area (Å²) in [5, 5.41) is 9.60. The Kier molecular flexibility index (Phi) is 6.70. The van der Waals surface area contributed by atoms with E-state index in [2.05, 4.69) is 4.90 Å². The second kappa shape index (κ2) is 9.26. The van der Waals surface area contributed by atoms with E-state index in [0.29, 0.717) is 50.3 Å². The van der Waals surface area contributed by atoms with Crippen LogP contribution in [0.4, 0.5) is 13.2 Å². The van der Waals surface area contributed by atoms with E-state index in [-0.39, 0.29) is 25.2 Å². The summed E-state index contributed by atoms with van der Waals surface area (Å²) in [6.07, 6.45) is -3.37. The van der Waals surface area contributed by atoms with Gasteiger partial charge in [-0.05, 0) is 69.5 Å². The molecule has 6 nitrogen and oxygen atoms in total. The molecule has 2 aromatic rings. The van der Waals surface area contributed by atoms with Crippen LogP contribution in [0.1, 0.15) is 54.0 Å². The highest BCUT2D eigenvalue weighted by atomic mass is 19.4. The van der Waals surface area contributed by atoms with Crippen LogP contribution in [0.25, 0.3) is 0 Å². The number of likely N-dealkylation sites (tertiary alicyclic amines) is 1. The third kappa shape index (κ3) is 4.43. The smallest absolute Gasteiger partial charge is 0.431 e. The van der Waals surface area contributed by atoms with Crippen molar-refractivity contribution in [2.24, 2.45) is 0 Å². The van der Waals surface area contributed by atoms with Gasteiger partial charge in [0.15, 0.2) is 0 Å². The number of aliphatic hydroxyl groups is 1. The van der Waals surface area contributed by atoms with Crippen molar-refractivity contribution in [2.75, 3.05) is 32.8 Å². The van der Waals surface area contributed by atoms with Crippen molar-refractivity contribution in [2.45, 2.75) is 58.0 Å². The number of hydrogen-bond acceptors (Lipinski definition) is 4. The van der Waals surface area contributed by atoms with Crippen LogP contribution in [0.3, 0.4) is 0 Å². The van der Waals surface area contributed by atoms with E-state index in [0.717, 1.165) is 17.4 Å². The number of benzene rings is 1. The van der Waals surface area contributed by atoms with E-state index in [9.17, 15) is 23.1 Å². The normalized spacial score (nSPS) is 18.4. The van der Waals surface area contributed by atoms with Gasteiger partial charge in [-0.25, -0.2) is 0 Å². The molecule has 1 amide bonds. The molecular weight excluding hydrogens is 447 g/mol. The zero-order valence-corrected chi connectivity index (χ0v) is 19.9. The lowest BCUT2D eigenvalue weighted by molar-refractivity contribution is -0.145. The molecule has 1 fully saturated rings. The Morgan fingerprint density at radius 2 is 1.82 bits per heavy atom.